The van der Waals surface area contributed by atoms with Gasteiger partial charge in [-0.15, -0.1) is 11.8 Å². The molecule has 0 bridgehead atoms. The van der Waals surface area contributed by atoms with Gasteiger partial charge in [0, 0.05) is 4.90 Å². The molecular weight excluding hydrogens is 362 g/mol. The molecule has 1 aliphatic rings. The van der Waals surface area contributed by atoms with Crippen LogP contribution in [0, 0.1) is 0 Å². The molecule has 27 heavy (non-hydrogen) atoms. The first-order valence-corrected chi connectivity index (χ1v) is 9.34. The summed E-state index contributed by atoms with van der Waals surface area (Å²) in [6, 6.07) is 20.5. The molecule has 4 rings (SSSR count). The summed E-state index contributed by atoms with van der Waals surface area (Å²) in [7, 11) is 0. The number of benzene rings is 3. The minimum absolute atomic E-state index is 0.0987. The molecule has 1 heterocycles. The first-order valence-electron chi connectivity index (χ1n) is 8.36. The number of nitrogens with zero attached hydrogens (tertiary/aromatic N) is 1. The summed E-state index contributed by atoms with van der Waals surface area (Å²) in [4.78, 5) is 38.4. The van der Waals surface area contributed by atoms with E-state index in [2.05, 4.69) is 0 Å². The summed E-state index contributed by atoms with van der Waals surface area (Å²) in [6.45, 7) is -0.372. The van der Waals surface area contributed by atoms with Gasteiger partial charge >= 0.3 is 5.97 Å². The van der Waals surface area contributed by atoms with Gasteiger partial charge in [-0.05, 0) is 35.0 Å². The number of rotatable bonds is 5. The van der Waals surface area contributed by atoms with Crippen molar-refractivity contribution >= 4 is 40.3 Å². The van der Waals surface area contributed by atoms with Crippen LogP contribution in [-0.2, 0) is 9.53 Å². The number of esters is 1. The largest absolute Gasteiger partial charge is 0.443 e. The molecule has 1 aliphatic heterocycles. The molecular formula is C21H15NO4S. The Morgan fingerprint density at radius 3 is 2.19 bits per heavy atom. The highest BCUT2D eigenvalue weighted by atomic mass is 32.2. The Labute approximate surface area is 159 Å². The molecule has 0 fully saturated rings. The number of imide groups is 1. The number of hydrogen-bond donors (Lipinski definition) is 0. The van der Waals surface area contributed by atoms with Gasteiger partial charge in [0.15, 0.2) is 6.73 Å². The van der Waals surface area contributed by atoms with Gasteiger partial charge in [0.25, 0.3) is 11.8 Å². The fraction of sp³-hybridized carbons (Fsp3) is 0.0952. The highest BCUT2D eigenvalue weighted by Crippen LogP contribution is 2.24. The van der Waals surface area contributed by atoms with E-state index in [0.717, 1.165) is 20.6 Å². The van der Waals surface area contributed by atoms with Gasteiger partial charge in [-0.2, -0.15) is 0 Å². The van der Waals surface area contributed by atoms with Crippen molar-refractivity contribution in [2.24, 2.45) is 0 Å². The van der Waals surface area contributed by atoms with Crippen molar-refractivity contribution in [2.75, 3.05) is 12.5 Å². The molecule has 134 valence electrons. The van der Waals surface area contributed by atoms with Crippen molar-refractivity contribution in [1.29, 1.82) is 0 Å². The average molecular weight is 377 g/mol. The standard InChI is InChI=1S/C21H15NO4S/c23-19(12-27-16-10-9-14-5-1-2-6-15(14)11-16)26-13-22-20(24)17-7-3-4-8-18(17)21(22)25/h1-11H,12-13H2. The van der Waals surface area contributed by atoms with Crippen LogP contribution in [0.1, 0.15) is 20.7 Å². The number of carbonyl (C=O) groups is 3. The molecule has 0 N–H and O–H groups in total. The van der Waals surface area contributed by atoms with Crippen LogP contribution >= 0.6 is 11.8 Å². The molecule has 5 nitrogen and oxygen atoms in total. The quantitative estimate of drug-likeness (QED) is 0.385. The van der Waals surface area contributed by atoms with E-state index in [1.807, 2.05) is 42.5 Å². The fourth-order valence-electron chi connectivity index (χ4n) is 2.93. The van der Waals surface area contributed by atoms with Crippen LogP contribution in [0.15, 0.2) is 71.6 Å². The van der Waals surface area contributed by atoms with Gasteiger partial charge in [0.1, 0.15) is 0 Å². The van der Waals surface area contributed by atoms with E-state index in [1.54, 1.807) is 24.3 Å². The zero-order chi connectivity index (χ0) is 18.8. The molecule has 0 aromatic heterocycles. The molecule has 3 aromatic carbocycles. The van der Waals surface area contributed by atoms with E-state index in [0.29, 0.717) is 11.1 Å². The van der Waals surface area contributed by atoms with Gasteiger partial charge in [-0.25, -0.2) is 4.90 Å². The number of fused-ring (bicyclic) bond motifs is 2. The van der Waals surface area contributed by atoms with Crippen LogP contribution < -0.4 is 0 Å². The Hall–Kier alpha value is -3.12. The normalized spacial score (nSPS) is 13.1. The second kappa shape index (κ2) is 7.25. The van der Waals surface area contributed by atoms with E-state index in [9.17, 15) is 14.4 Å². The van der Waals surface area contributed by atoms with Gasteiger partial charge < -0.3 is 4.74 Å². The minimum atomic E-state index is -0.482. The molecule has 2 amide bonds. The predicted molar refractivity (Wildman–Crippen MR) is 103 cm³/mol. The van der Waals surface area contributed by atoms with Crippen molar-refractivity contribution < 1.29 is 19.1 Å². The lowest BCUT2D eigenvalue weighted by Gasteiger charge is -2.13. The third-order valence-corrected chi connectivity index (χ3v) is 5.28. The second-order valence-corrected chi connectivity index (χ2v) is 7.08. The smallest absolute Gasteiger partial charge is 0.318 e. The summed E-state index contributed by atoms with van der Waals surface area (Å²) in [5.41, 5.74) is 0.674. The van der Waals surface area contributed by atoms with Gasteiger partial charge in [-0.1, -0.05) is 42.5 Å². The van der Waals surface area contributed by atoms with E-state index >= 15 is 0 Å². The lowest BCUT2D eigenvalue weighted by atomic mass is 10.1. The summed E-state index contributed by atoms with van der Waals surface area (Å²) >= 11 is 1.35. The van der Waals surface area contributed by atoms with E-state index in [4.69, 9.17) is 4.74 Å². The van der Waals surface area contributed by atoms with Gasteiger partial charge in [-0.3, -0.25) is 14.4 Å². The first kappa shape index (κ1) is 17.3. The molecule has 0 atom stereocenters. The Kier molecular flexibility index (Phi) is 4.64. The second-order valence-electron chi connectivity index (χ2n) is 6.03. The Morgan fingerprint density at radius 1 is 0.852 bits per heavy atom. The molecule has 0 aliphatic carbocycles. The van der Waals surface area contributed by atoms with Gasteiger partial charge in [0.2, 0.25) is 0 Å². The van der Waals surface area contributed by atoms with Gasteiger partial charge in [0.05, 0.1) is 16.9 Å². The third-order valence-electron chi connectivity index (χ3n) is 4.31. The van der Waals surface area contributed by atoms with Crippen molar-refractivity contribution in [2.45, 2.75) is 4.90 Å². The van der Waals surface area contributed by atoms with Crippen molar-refractivity contribution in [1.82, 2.24) is 4.90 Å². The fourth-order valence-corrected chi connectivity index (χ4v) is 3.68. The molecule has 0 radical (unpaired) electrons. The average Bonchev–Trinajstić information content (AvgIpc) is 2.95. The maximum Gasteiger partial charge on any atom is 0.318 e. The number of thioether (sulfide) groups is 1. The highest BCUT2D eigenvalue weighted by Gasteiger charge is 2.35. The monoisotopic (exact) mass is 377 g/mol. The number of carbonyl (C=O) groups excluding carboxylic acids is 3. The first-order chi connectivity index (χ1) is 13.1. The lowest BCUT2D eigenvalue weighted by Crippen LogP contribution is -2.33. The summed E-state index contributed by atoms with van der Waals surface area (Å²) in [5.74, 6) is -1.26. The number of ether oxygens (including phenoxy) is 1. The molecule has 6 heteroatoms. The molecule has 0 saturated carbocycles. The third kappa shape index (κ3) is 3.44. The van der Waals surface area contributed by atoms with E-state index in [1.165, 1.54) is 11.8 Å². The van der Waals surface area contributed by atoms with Crippen LogP contribution in [0.5, 0.6) is 0 Å². The number of amides is 2. The molecule has 3 aromatic rings. The Bertz CT molecular complexity index is 1030. The Morgan fingerprint density at radius 2 is 1.48 bits per heavy atom. The predicted octanol–water partition coefficient (Wildman–Crippen LogP) is 3.73. The van der Waals surface area contributed by atoms with Crippen LogP contribution in [0.2, 0.25) is 0 Å². The van der Waals surface area contributed by atoms with Crippen LogP contribution in [0.4, 0.5) is 0 Å². The van der Waals surface area contributed by atoms with Crippen LogP contribution in [0.25, 0.3) is 10.8 Å². The minimum Gasteiger partial charge on any atom is -0.443 e. The molecule has 0 spiro atoms. The highest BCUT2D eigenvalue weighted by molar-refractivity contribution is 8.00. The van der Waals surface area contributed by atoms with E-state index < -0.39 is 17.8 Å². The van der Waals surface area contributed by atoms with Crippen LogP contribution in [-0.4, -0.2) is 35.2 Å². The van der Waals surface area contributed by atoms with Crippen molar-refractivity contribution in [3.05, 3.63) is 77.9 Å². The lowest BCUT2D eigenvalue weighted by molar-refractivity contribution is -0.142. The summed E-state index contributed by atoms with van der Waals surface area (Å²) in [5, 5.41) is 2.23. The zero-order valence-electron chi connectivity index (χ0n) is 14.3. The van der Waals surface area contributed by atoms with Crippen molar-refractivity contribution in [3.63, 3.8) is 0 Å². The van der Waals surface area contributed by atoms with Crippen LogP contribution in [0.3, 0.4) is 0 Å². The maximum atomic E-state index is 12.2. The Balaban J connectivity index is 1.33. The van der Waals surface area contributed by atoms with E-state index in [-0.39, 0.29) is 12.5 Å². The summed E-state index contributed by atoms with van der Waals surface area (Å²) < 4.78 is 5.13. The summed E-state index contributed by atoms with van der Waals surface area (Å²) in [6.07, 6.45) is 0. The van der Waals surface area contributed by atoms with Crippen molar-refractivity contribution in [3.8, 4) is 0 Å². The topological polar surface area (TPSA) is 63.7 Å². The molecule has 0 unspecified atom stereocenters. The zero-order valence-corrected chi connectivity index (χ0v) is 15.1. The SMILES string of the molecule is O=C(CSc1ccc2ccccc2c1)OCN1C(=O)c2ccccc2C1=O. The molecule has 0 saturated heterocycles. The maximum absolute atomic E-state index is 12.2. The number of hydrogen-bond acceptors (Lipinski definition) is 5.